The number of nitrogens with zero attached hydrogens (tertiary/aromatic N) is 1. The third-order valence-corrected chi connectivity index (χ3v) is 7.33. The number of carbonyl (C=O) groups is 1. The summed E-state index contributed by atoms with van der Waals surface area (Å²) in [4.78, 5) is 15.7. The molecule has 0 bridgehead atoms. The third-order valence-electron chi connectivity index (χ3n) is 7.33. The van der Waals surface area contributed by atoms with Crippen molar-refractivity contribution in [3.63, 3.8) is 0 Å². The minimum Gasteiger partial charge on any atom is -0.493 e. The number of fused-ring (bicyclic) bond motifs is 3. The highest BCUT2D eigenvalue weighted by molar-refractivity contribution is 5.85. The number of para-hydroxylation sites is 1. The van der Waals surface area contributed by atoms with Gasteiger partial charge in [0.2, 0.25) is 0 Å². The number of rotatable bonds is 14. The molecule has 40 heavy (non-hydrogen) atoms. The van der Waals surface area contributed by atoms with Gasteiger partial charge in [-0.15, -0.1) is 0 Å². The van der Waals surface area contributed by atoms with E-state index in [1.54, 1.807) is 0 Å². The van der Waals surface area contributed by atoms with E-state index in [-0.39, 0.29) is 30.5 Å². The maximum absolute atomic E-state index is 15.7. The summed E-state index contributed by atoms with van der Waals surface area (Å²) in [7, 11) is 0. The summed E-state index contributed by atoms with van der Waals surface area (Å²) < 4.78 is 57.0. The lowest BCUT2D eigenvalue weighted by molar-refractivity contribution is -0.142. The number of carboxylic acids is 1. The number of unbranched alkanes of at least 4 members (excludes halogenated alkanes) is 4. The fourth-order valence-corrected chi connectivity index (χ4v) is 5.59. The predicted molar refractivity (Wildman–Crippen MR) is 149 cm³/mol. The van der Waals surface area contributed by atoms with E-state index in [0.29, 0.717) is 25.3 Å². The number of aromatic nitrogens is 1. The number of benzene rings is 2. The molecule has 1 aliphatic heterocycles. The maximum atomic E-state index is 15.7. The lowest BCUT2D eigenvalue weighted by atomic mass is 9.87. The van der Waals surface area contributed by atoms with Crippen molar-refractivity contribution in [1.82, 2.24) is 9.88 Å². The largest absolute Gasteiger partial charge is 0.493 e. The van der Waals surface area contributed by atoms with E-state index < -0.39 is 29.3 Å². The fraction of sp³-hybridized carbons (Fsp3) is 0.516. The van der Waals surface area contributed by atoms with Crippen molar-refractivity contribution in [1.29, 1.82) is 0 Å². The first-order valence-corrected chi connectivity index (χ1v) is 14.0. The summed E-state index contributed by atoms with van der Waals surface area (Å²) in [6.45, 7) is 5.41. The third kappa shape index (κ3) is 7.37. The van der Waals surface area contributed by atoms with Gasteiger partial charge in [-0.25, -0.2) is 18.0 Å². The molecule has 0 amide bonds. The van der Waals surface area contributed by atoms with Crippen LogP contribution in [0.5, 0.6) is 5.75 Å². The first kappa shape index (κ1) is 29.9. The molecule has 6 nitrogen and oxygen atoms in total. The van der Waals surface area contributed by atoms with Crippen LogP contribution in [0.4, 0.5) is 13.2 Å². The fourth-order valence-electron chi connectivity index (χ4n) is 5.59. The van der Waals surface area contributed by atoms with Crippen molar-refractivity contribution in [2.24, 2.45) is 0 Å². The van der Waals surface area contributed by atoms with Crippen LogP contribution in [-0.2, 0) is 16.0 Å². The number of hydrogen-bond acceptors (Lipinski definition) is 4. The van der Waals surface area contributed by atoms with Gasteiger partial charge in [-0.1, -0.05) is 37.5 Å². The van der Waals surface area contributed by atoms with E-state index in [1.807, 2.05) is 36.1 Å². The molecule has 2 heterocycles. The number of ether oxygens (including phenoxy) is 2. The van der Waals surface area contributed by atoms with Crippen molar-refractivity contribution < 1.29 is 32.5 Å². The van der Waals surface area contributed by atoms with Crippen LogP contribution in [0.1, 0.15) is 75.7 Å². The van der Waals surface area contributed by atoms with E-state index in [4.69, 9.17) is 14.6 Å². The molecule has 4 rings (SSSR count). The Morgan fingerprint density at radius 3 is 2.40 bits per heavy atom. The molecule has 2 atom stereocenters. The van der Waals surface area contributed by atoms with Gasteiger partial charge >= 0.3 is 5.97 Å². The van der Waals surface area contributed by atoms with Crippen LogP contribution >= 0.6 is 0 Å². The van der Waals surface area contributed by atoms with Crippen LogP contribution in [0.3, 0.4) is 0 Å². The molecule has 0 saturated heterocycles. The first-order chi connectivity index (χ1) is 19.0. The topological polar surface area (TPSA) is 74.8 Å². The molecule has 3 aromatic rings. The zero-order valence-electron chi connectivity index (χ0n) is 23.4. The van der Waals surface area contributed by atoms with E-state index in [2.05, 4.69) is 4.98 Å². The average Bonchev–Trinajstić information content (AvgIpc) is 3.23. The SMILES string of the molecule is C[C@@H]1Cc2c([nH]c3ccccc23)[C@@H](c2c(F)cc(OCCCCCCCOCC(=O)O)cc2F)N1CC(C)(C)F. The molecule has 0 saturated carbocycles. The molecule has 1 aliphatic rings. The normalized spacial score (nSPS) is 17.8. The van der Waals surface area contributed by atoms with Gasteiger partial charge in [0.1, 0.15) is 29.7 Å². The lowest BCUT2D eigenvalue weighted by Crippen LogP contribution is -2.48. The molecule has 2 aromatic carbocycles. The summed E-state index contributed by atoms with van der Waals surface area (Å²) >= 11 is 0. The average molecular weight is 561 g/mol. The van der Waals surface area contributed by atoms with Crippen LogP contribution in [0.15, 0.2) is 36.4 Å². The minimum absolute atomic E-state index is 0.0243. The van der Waals surface area contributed by atoms with Crippen LogP contribution in [0.2, 0.25) is 0 Å². The van der Waals surface area contributed by atoms with Gasteiger partial charge in [0.15, 0.2) is 0 Å². The molecule has 0 unspecified atom stereocenters. The summed E-state index contributed by atoms with van der Waals surface area (Å²) in [6, 6.07) is 9.29. The maximum Gasteiger partial charge on any atom is 0.329 e. The summed E-state index contributed by atoms with van der Waals surface area (Å²) in [6.07, 6.45) is 4.85. The minimum atomic E-state index is -1.56. The van der Waals surface area contributed by atoms with E-state index in [0.717, 1.165) is 48.6 Å². The monoisotopic (exact) mass is 560 g/mol. The van der Waals surface area contributed by atoms with Crippen molar-refractivity contribution in [3.8, 4) is 5.75 Å². The van der Waals surface area contributed by atoms with E-state index in [1.165, 1.54) is 26.0 Å². The van der Waals surface area contributed by atoms with Crippen LogP contribution in [-0.4, -0.2) is 59.0 Å². The van der Waals surface area contributed by atoms with Gasteiger partial charge in [-0.3, -0.25) is 4.90 Å². The number of H-pyrrole nitrogens is 1. The highest BCUT2D eigenvalue weighted by Crippen LogP contribution is 2.43. The standard InChI is InChI=1S/C31H39F3N2O4/c1-20-15-23-22-11-7-8-12-26(22)35-29(23)30(36(20)19-31(2,3)34)28-24(32)16-21(17-25(28)33)40-14-10-6-4-5-9-13-39-18-27(37)38/h7-8,11-12,16-17,20,30,35H,4-6,9-10,13-15,18-19H2,1-3H3,(H,37,38)/t20-,30-/m1/s1. The Bertz CT molecular complexity index is 1280. The smallest absolute Gasteiger partial charge is 0.329 e. The zero-order valence-corrected chi connectivity index (χ0v) is 23.4. The highest BCUT2D eigenvalue weighted by Gasteiger charge is 2.41. The zero-order chi connectivity index (χ0) is 28.9. The molecule has 218 valence electrons. The molecule has 0 aliphatic carbocycles. The number of halogens is 3. The summed E-state index contributed by atoms with van der Waals surface area (Å²) in [5, 5.41) is 9.56. The molecule has 0 fully saturated rings. The molecule has 1 aromatic heterocycles. The van der Waals surface area contributed by atoms with Gasteiger partial charge in [0.25, 0.3) is 0 Å². The highest BCUT2D eigenvalue weighted by atomic mass is 19.1. The molecule has 9 heteroatoms. The molecule has 0 spiro atoms. The predicted octanol–water partition coefficient (Wildman–Crippen LogP) is 6.96. The van der Waals surface area contributed by atoms with Crippen LogP contribution < -0.4 is 4.74 Å². The van der Waals surface area contributed by atoms with Gasteiger partial charge in [0.05, 0.1) is 12.6 Å². The Hall–Kier alpha value is -3.04. The Labute approximate surface area is 233 Å². The van der Waals surface area contributed by atoms with Crippen LogP contribution in [0, 0.1) is 11.6 Å². The van der Waals surface area contributed by atoms with Crippen molar-refractivity contribution in [2.75, 3.05) is 26.4 Å². The van der Waals surface area contributed by atoms with E-state index >= 15 is 8.78 Å². The number of aliphatic carboxylic acids is 1. The number of nitrogens with one attached hydrogen (secondary N) is 1. The second kappa shape index (κ2) is 13.1. The van der Waals surface area contributed by atoms with Crippen molar-refractivity contribution >= 4 is 16.9 Å². The number of alkyl halides is 1. The van der Waals surface area contributed by atoms with E-state index in [9.17, 15) is 9.18 Å². The molecule has 2 N–H and O–H groups in total. The Kier molecular flexibility index (Phi) is 9.79. The van der Waals surface area contributed by atoms with Crippen molar-refractivity contribution in [2.45, 2.75) is 77.0 Å². The number of aromatic amines is 1. The quantitative estimate of drug-likeness (QED) is 0.209. The summed E-state index contributed by atoms with van der Waals surface area (Å²) in [5.41, 5.74) is 0.926. The van der Waals surface area contributed by atoms with Gasteiger partial charge in [-0.2, -0.15) is 0 Å². The Balaban J connectivity index is 1.46. The molecular formula is C31H39F3N2O4. The van der Waals surface area contributed by atoms with Gasteiger partial charge in [0, 0.05) is 53.5 Å². The van der Waals surface area contributed by atoms with Crippen molar-refractivity contribution in [3.05, 3.63) is 64.9 Å². The second-order valence-electron chi connectivity index (χ2n) is 11.3. The molecule has 0 radical (unpaired) electrons. The lowest BCUT2D eigenvalue weighted by Gasteiger charge is -2.43. The number of carboxylic acid groups (broad SMARTS) is 1. The Morgan fingerprint density at radius 1 is 1.07 bits per heavy atom. The second-order valence-corrected chi connectivity index (χ2v) is 11.3. The summed E-state index contributed by atoms with van der Waals surface area (Å²) in [5.74, 6) is -2.29. The van der Waals surface area contributed by atoms with Crippen LogP contribution in [0.25, 0.3) is 10.9 Å². The number of hydrogen-bond donors (Lipinski definition) is 2. The van der Waals surface area contributed by atoms with Gasteiger partial charge in [-0.05, 0) is 51.7 Å². The molecular weight excluding hydrogens is 521 g/mol. The first-order valence-electron chi connectivity index (χ1n) is 14.0. The Morgan fingerprint density at radius 2 is 1.73 bits per heavy atom. The van der Waals surface area contributed by atoms with Gasteiger partial charge < -0.3 is 19.6 Å².